The Morgan fingerprint density at radius 1 is 1.56 bits per heavy atom. The summed E-state index contributed by atoms with van der Waals surface area (Å²) < 4.78 is 5.30. The second-order valence-corrected chi connectivity index (χ2v) is 3.32. The fourth-order valence-electron chi connectivity index (χ4n) is 1.44. The van der Waals surface area contributed by atoms with Crippen LogP contribution >= 0.6 is 0 Å². The van der Waals surface area contributed by atoms with Crippen molar-refractivity contribution in [1.29, 1.82) is 5.26 Å². The van der Waals surface area contributed by atoms with Gasteiger partial charge in [0.05, 0.1) is 12.5 Å². The standard InChI is InChI=1S/C11H8N2O3/c12-4-3-10-13-8-2-1-7(6-11(14)15)5-9(8)16-10/h1-2,5H,3,6H2,(H,14,15). The van der Waals surface area contributed by atoms with Crippen LogP contribution in [0, 0.1) is 11.3 Å². The number of hydrogen-bond acceptors (Lipinski definition) is 4. The minimum Gasteiger partial charge on any atom is -0.481 e. The van der Waals surface area contributed by atoms with E-state index in [-0.39, 0.29) is 12.8 Å². The molecule has 0 fully saturated rings. The van der Waals surface area contributed by atoms with E-state index < -0.39 is 5.97 Å². The summed E-state index contributed by atoms with van der Waals surface area (Å²) in [6, 6.07) is 6.96. The molecule has 0 radical (unpaired) electrons. The van der Waals surface area contributed by atoms with Crippen molar-refractivity contribution in [1.82, 2.24) is 4.98 Å². The number of nitriles is 1. The van der Waals surface area contributed by atoms with E-state index >= 15 is 0 Å². The molecule has 1 aromatic heterocycles. The number of nitrogens with zero attached hydrogens (tertiary/aromatic N) is 2. The number of carbonyl (C=O) groups is 1. The van der Waals surface area contributed by atoms with Gasteiger partial charge in [-0.3, -0.25) is 4.79 Å². The minimum absolute atomic E-state index is 0.0514. The lowest BCUT2D eigenvalue weighted by atomic mass is 10.1. The molecule has 0 amide bonds. The smallest absolute Gasteiger partial charge is 0.307 e. The molecular formula is C11H8N2O3. The molecule has 0 saturated heterocycles. The van der Waals surface area contributed by atoms with Gasteiger partial charge in [0.25, 0.3) is 0 Å². The first kappa shape index (κ1) is 10.2. The van der Waals surface area contributed by atoms with Crippen molar-refractivity contribution < 1.29 is 14.3 Å². The van der Waals surface area contributed by atoms with Crippen molar-refractivity contribution in [2.24, 2.45) is 0 Å². The van der Waals surface area contributed by atoms with Crippen LogP contribution in [0.2, 0.25) is 0 Å². The van der Waals surface area contributed by atoms with E-state index in [0.29, 0.717) is 22.6 Å². The van der Waals surface area contributed by atoms with Gasteiger partial charge in [0.2, 0.25) is 5.89 Å². The Balaban J connectivity index is 2.38. The average molecular weight is 216 g/mol. The van der Waals surface area contributed by atoms with Gasteiger partial charge in [0.1, 0.15) is 11.9 Å². The van der Waals surface area contributed by atoms with Crippen molar-refractivity contribution in [2.75, 3.05) is 0 Å². The number of benzene rings is 1. The number of oxazole rings is 1. The van der Waals surface area contributed by atoms with E-state index in [9.17, 15) is 4.79 Å². The second-order valence-electron chi connectivity index (χ2n) is 3.32. The molecule has 0 saturated carbocycles. The zero-order chi connectivity index (χ0) is 11.5. The van der Waals surface area contributed by atoms with Crippen molar-refractivity contribution in [3.8, 4) is 6.07 Å². The molecule has 0 aliphatic heterocycles. The molecule has 1 aromatic carbocycles. The Labute approximate surface area is 90.9 Å². The lowest BCUT2D eigenvalue weighted by Crippen LogP contribution is -1.99. The van der Waals surface area contributed by atoms with E-state index in [4.69, 9.17) is 14.8 Å². The van der Waals surface area contributed by atoms with Crippen LogP contribution in [-0.4, -0.2) is 16.1 Å². The molecule has 0 spiro atoms. The van der Waals surface area contributed by atoms with E-state index in [2.05, 4.69) is 4.98 Å². The Bertz CT molecular complexity index is 580. The molecule has 0 unspecified atom stereocenters. The summed E-state index contributed by atoms with van der Waals surface area (Å²) in [4.78, 5) is 14.6. The van der Waals surface area contributed by atoms with Gasteiger partial charge < -0.3 is 9.52 Å². The molecule has 2 aromatic rings. The van der Waals surface area contributed by atoms with Gasteiger partial charge in [0, 0.05) is 0 Å². The largest absolute Gasteiger partial charge is 0.481 e. The fraction of sp³-hybridized carbons (Fsp3) is 0.182. The Morgan fingerprint density at radius 3 is 3.06 bits per heavy atom. The molecule has 0 atom stereocenters. The molecule has 16 heavy (non-hydrogen) atoms. The maximum absolute atomic E-state index is 10.5. The topological polar surface area (TPSA) is 87.1 Å². The highest BCUT2D eigenvalue weighted by Gasteiger charge is 2.07. The number of aromatic nitrogens is 1. The Morgan fingerprint density at radius 2 is 2.38 bits per heavy atom. The molecule has 0 bridgehead atoms. The maximum atomic E-state index is 10.5. The van der Waals surface area contributed by atoms with Crippen LogP contribution in [0.1, 0.15) is 11.5 Å². The van der Waals surface area contributed by atoms with E-state index in [0.717, 1.165) is 0 Å². The highest BCUT2D eigenvalue weighted by Crippen LogP contribution is 2.17. The van der Waals surface area contributed by atoms with E-state index in [1.807, 2.05) is 6.07 Å². The van der Waals surface area contributed by atoms with Crippen LogP contribution in [0.4, 0.5) is 0 Å². The summed E-state index contributed by atoms with van der Waals surface area (Å²) in [7, 11) is 0. The molecule has 0 aliphatic carbocycles. The molecule has 80 valence electrons. The van der Waals surface area contributed by atoms with Gasteiger partial charge in [-0.1, -0.05) is 6.07 Å². The number of hydrogen-bond donors (Lipinski definition) is 1. The van der Waals surface area contributed by atoms with Crippen molar-refractivity contribution >= 4 is 17.1 Å². The number of fused-ring (bicyclic) bond motifs is 1. The van der Waals surface area contributed by atoms with E-state index in [1.165, 1.54) is 0 Å². The summed E-state index contributed by atoms with van der Waals surface area (Å²) in [6.07, 6.45) is 0.0627. The van der Waals surface area contributed by atoms with Gasteiger partial charge in [0.15, 0.2) is 5.58 Å². The summed E-state index contributed by atoms with van der Waals surface area (Å²) in [5, 5.41) is 17.1. The summed E-state index contributed by atoms with van der Waals surface area (Å²) in [5.74, 6) is -0.541. The Hall–Kier alpha value is -2.35. The van der Waals surface area contributed by atoms with Gasteiger partial charge in [-0.2, -0.15) is 5.26 Å². The normalized spacial score (nSPS) is 10.2. The SMILES string of the molecule is N#CCc1nc2ccc(CC(=O)O)cc2o1. The first-order valence-electron chi connectivity index (χ1n) is 4.66. The highest BCUT2D eigenvalue weighted by molar-refractivity contribution is 5.76. The quantitative estimate of drug-likeness (QED) is 0.840. The molecule has 0 aliphatic rings. The van der Waals surface area contributed by atoms with E-state index in [1.54, 1.807) is 18.2 Å². The van der Waals surface area contributed by atoms with Crippen LogP contribution in [0.5, 0.6) is 0 Å². The zero-order valence-corrected chi connectivity index (χ0v) is 8.30. The number of rotatable bonds is 3. The monoisotopic (exact) mass is 216 g/mol. The third-order valence-electron chi connectivity index (χ3n) is 2.08. The van der Waals surface area contributed by atoms with Crippen LogP contribution in [0.3, 0.4) is 0 Å². The first-order chi connectivity index (χ1) is 7.69. The van der Waals surface area contributed by atoms with Crippen molar-refractivity contribution in [3.05, 3.63) is 29.7 Å². The first-order valence-corrected chi connectivity index (χ1v) is 4.66. The third-order valence-corrected chi connectivity index (χ3v) is 2.08. The molecular weight excluding hydrogens is 208 g/mol. The predicted molar refractivity (Wildman–Crippen MR) is 54.7 cm³/mol. The van der Waals surface area contributed by atoms with Crippen molar-refractivity contribution in [2.45, 2.75) is 12.8 Å². The summed E-state index contributed by atoms with van der Waals surface area (Å²) in [6.45, 7) is 0. The molecule has 5 nitrogen and oxygen atoms in total. The van der Waals surface area contributed by atoms with Gasteiger partial charge in [-0.15, -0.1) is 0 Å². The number of aliphatic carboxylic acids is 1. The fourth-order valence-corrected chi connectivity index (χ4v) is 1.44. The average Bonchev–Trinajstić information content (AvgIpc) is 2.59. The molecule has 5 heteroatoms. The van der Waals surface area contributed by atoms with Gasteiger partial charge in [-0.05, 0) is 17.7 Å². The lowest BCUT2D eigenvalue weighted by molar-refractivity contribution is -0.136. The minimum atomic E-state index is -0.892. The maximum Gasteiger partial charge on any atom is 0.307 e. The van der Waals surface area contributed by atoms with Crippen LogP contribution in [0.25, 0.3) is 11.1 Å². The molecule has 1 heterocycles. The number of carboxylic acid groups (broad SMARTS) is 1. The summed E-state index contributed by atoms with van der Waals surface area (Å²) >= 11 is 0. The van der Waals surface area contributed by atoms with Crippen molar-refractivity contribution in [3.63, 3.8) is 0 Å². The third kappa shape index (κ3) is 2.01. The molecule has 1 N–H and O–H groups in total. The summed E-state index contributed by atoms with van der Waals surface area (Å²) in [5.41, 5.74) is 1.81. The Kier molecular flexibility index (Phi) is 2.56. The van der Waals surface area contributed by atoms with Crippen LogP contribution in [-0.2, 0) is 17.6 Å². The number of carboxylic acids is 1. The predicted octanol–water partition coefficient (Wildman–Crippen LogP) is 1.52. The lowest BCUT2D eigenvalue weighted by Gasteiger charge is -1.94. The van der Waals surface area contributed by atoms with Gasteiger partial charge >= 0.3 is 5.97 Å². The molecule has 2 rings (SSSR count). The van der Waals surface area contributed by atoms with Gasteiger partial charge in [-0.25, -0.2) is 4.98 Å². The van der Waals surface area contributed by atoms with Crippen LogP contribution < -0.4 is 0 Å². The second kappa shape index (κ2) is 4.03. The zero-order valence-electron chi connectivity index (χ0n) is 8.30. The van der Waals surface area contributed by atoms with Crippen LogP contribution in [0.15, 0.2) is 22.6 Å². The highest BCUT2D eigenvalue weighted by atomic mass is 16.4.